The topological polar surface area (TPSA) is 74.3 Å². The predicted octanol–water partition coefficient (Wildman–Crippen LogP) is 2.60. The molecular formula is C18H24N4O2S. The molecule has 0 saturated heterocycles. The third-order valence-electron chi connectivity index (χ3n) is 3.83. The zero-order valence-electron chi connectivity index (χ0n) is 14.6. The van der Waals surface area contributed by atoms with Gasteiger partial charge in [-0.15, -0.1) is 11.3 Å². The number of amides is 2. The number of rotatable bonds is 8. The summed E-state index contributed by atoms with van der Waals surface area (Å²) >= 11 is 1.30. The van der Waals surface area contributed by atoms with Crippen LogP contribution in [0.25, 0.3) is 11.3 Å². The Hall–Kier alpha value is -2.25. The molecule has 2 amide bonds. The lowest BCUT2D eigenvalue weighted by Crippen LogP contribution is -2.37. The van der Waals surface area contributed by atoms with Crippen LogP contribution in [0.2, 0.25) is 0 Å². The first-order valence-electron chi connectivity index (χ1n) is 8.46. The number of anilines is 1. The largest absolute Gasteiger partial charge is 0.348 e. The van der Waals surface area contributed by atoms with Crippen molar-refractivity contribution in [2.24, 2.45) is 0 Å². The monoisotopic (exact) mass is 360 g/mol. The molecule has 1 aromatic heterocycles. The van der Waals surface area contributed by atoms with E-state index in [1.165, 1.54) is 11.3 Å². The highest BCUT2D eigenvalue weighted by atomic mass is 32.1. The van der Waals surface area contributed by atoms with Crippen LogP contribution in [0.15, 0.2) is 35.7 Å². The Morgan fingerprint density at radius 2 is 1.84 bits per heavy atom. The number of carbonyl (C=O) groups excluding carboxylic acids is 2. The first-order valence-corrected chi connectivity index (χ1v) is 9.34. The van der Waals surface area contributed by atoms with E-state index in [4.69, 9.17) is 0 Å². The fraction of sp³-hybridized carbons (Fsp3) is 0.389. The fourth-order valence-corrected chi connectivity index (χ4v) is 3.07. The molecule has 0 atom stereocenters. The zero-order valence-corrected chi connectivity index (χ0v) is 15.4. The molecule has 7 heteroatoms. The van der Waals surface area contributed by atoms with Crippen LogP contribution >= 0.6 is 11.3 Å². The average Bonchev–Trinajstić information content (AvgIpc) is 3.11. The second-order valence-corrected chi connectivity index (χ2v) is 6.35. The van der Waals surface area contributed by atoms with Crippen molar-refractivity contribution in [2.45, 2.75) is 20.3 Å². The summed E-state index contributed by atoms with van der Waals surface area (Å²) < 4.78 is 0. The van der Waals surface area contributed by atoms with Crippen molar-refractivity contribution in [3.63, 3.8) is 0 Å². The number of carbonyl (C=O) groups is 2. The Kier molecular flexibility index (Phi) is 7.56. The molecule has 2 rings (SSSR count). The van der Waals surface area contributed by atoms with E-state index in [0.717, 1.165) is 37.3 Å². The van der Waals surface area contributed by atoms with Gasteiger partial charge in [0.1, 0.15) is 0 Å². The van der Waals surface area contributed by atoms with Crippen molar-refractivity contribution in [1.29, 1.82) is 0 Å². The van der Waals surface area contributed by atoms with Crippen molar-refractivity contribution >= 4 is 28.3 Å². The molecular weight excluding hydrogens is 336 g/mol. The van der Waals surface area contributed by atoms with E-state index in [9.17, 15) is 9.59 Å². The molecule has 0 saturated carbocycles. The molecule has 0 fully saturated rings. The zero-order chi connectivity index (χ0) is 18.1. The van der Waals surface area contributed by atoms with Crippen LogP contribution in [0.3, 0.4) is 0 Å². The predicted molar refractivity (Wildman–Crippen MR) is 102 cm³/mol. The molecule has 2 N–H and O–H groups in total. The van der Waals surface area contributed by atoms with Crippen molar-refractivity contribution in [1.82, 2.24) is 15.2 Å². The maximum Gasteiger partial charge on any atom is 0.315 e. The van der Waals surface area contributed by atoms with E-state index in [1.54, 1.807) is 0 Å². The summed E-state index contributed by atoms with van der Waals surface area (Å²) in [6.07, 6.45) is 0.816. The van der Waals surface area contributed by atoms with E-state index < -0.39 is 11.8 Å². The van der Waals surface area contributed by atoms with Crippen LogP contribution in [0.4, 0.5) is 5.13 Å². The van der Waals surface area contributed by atoms with Crippen LogP contribution in [0.5, 0.6) is 0 Å². The van der Waals surface area contributed by atoms with Gasteiger partial charge in [0.15, 0.2) is 5.13 Å². The molecule has 0 aliphatic carbocycles. The summed E-state index contributed by atoms with van der Waals surface area (Å²) in [6.45, 7) is 7.57. The maximum absolute atomic E-state index is 11.9. The molecule has 0 bridgehead atoms. The number of hydrogen-bond acceptors (Lipinski definition) is 5. The lowest BCUT2D eigenvalue weighted by molar-refractivity contribution is -0.136. The van der Waals surface area contributed by atoms with Crippen molar-refractivity contribution in [3.8, 4) is 11.3 Å². The number of thiazole rings is 1. The molecule has 0 aliphatic rings. The van der Waals surface area contributed by atoms with Gasteiger partial charge in [0, 0.05) is 17.5 Å². The van der Waals surface area contributed by atoms with Gasteiger partial charge in [0.05, 0.1) is 5.69 Å². The smallest absolute Gasteiger partial charge is 0.315 e. The van der Waals surface area contributed by atoms with E-state index in [2.05, 4.69) is 34.4 Å². The summed E-state index contributed by atoms with van der Waals surface area (Å²) in [7, 11) is 0. The summed E-state index contributed by atoms with van der Waals surface area (Å²) in [5.41, 5.74) is 1.75. The first-order chi connectivity index (χ1) is 12.1. The van der Waals surface area contributed by atoms with Crippen LogP contribution in [-0.2, 0) is 9.59 Å². The molecule has 0 unspecified atom stereocenters. The van der Waals surface area contributed by atoms with Gasteiger partial charge < -0.3 is 10.2 Å². The van der Waals surface area contributed by atoms with E-state index >= 15 is 0 Å². The SMILES string of the molecule is CCN(CC)CCCNC(=O)C(=O)Nc1nc(-c2ccccc2)cs1. The number of benzene rings is 1. The minimum Gasteiger partial charge on any atom is -0.348 e. The molecule has 6 nitrogen and oxygen atoms in total. The average molecular weight is 360 g/mol. The molecule has 0 radical (unpaired) electrons. The van der Waals surface area contributed by atoms with Gasteiger partial charge in [0.25, 0.3) is 0 Å². The summed E-state index contributed by atoms with van der Waals surface area (Å²) in [4.78, 5) is 30.4. The molecule has 1 heterocycles. The van der Waals surface area contributed by atoms with Crippen LogP contribution in [0.1, 0.15) is 20.3 Å². The van der Waals surface area contributed by atoms with Crippen molar-refractivity contribution in [2.75, 3.05) is 31.5 Å². The van der Waals surface area contributed by atoms with Crippen LogP contribution in [0, 0.1) is 0 Å². The summed E-state index contributed by atoms with van der Waals surface area (Å²) in [5.74, 6) is -1.31. The highest BCUT2D eigenvalue weighted by Crippen LogP contribution is 2.24. The van der Waals surface area contributed by atoms with Gasteiger partial charge in [0.2, 0.25) is 0 Å². The third kappa shape index (κ3) is 5.95. The van der Waals surface area contributed by atoms with Gasteiger partial charge in [-0.25, -0.2) is 4.98 Å². The first kappa shape index (κ1) is 19.1. The van der Waals surface area contributed by atoms with Gasteiger partial charge >= 0.3 is 11.8 Å². The Balaban J connectivity index is 1.78. The Morgan fingerprint density at radius 3 is 2.52 bits per heavy atom. The van der Waals surface area contributed by atoms with E-state index in [-0.39, 0.29) is 0 Å². The van der Waals surface area contributed by atoms with E-state index in [1.807, 2.05) is 35.7 Å². The van der Waals surface area contributed by atoms with Gasteiger partial charge in [-0.05, 0) is 26.1 Å². The minimum atomic E-state index is -0.684. The highest BCUT2D eigenvalue weighted by Gasteiger charge is 2.15. The standard InChI is InChI=1S/C18H24N4O2S/c1-3-22(4-2)12-8-11-19-16(23)17(24)21-18-20-15(13-25-18)14-9-6-5-7-10-14/h5-7,9-10,13H,3-4,8,11-12H2,1-2H3,(H,19,23)(H,20,21,24). The lowest BCUT2D eigenvalue weighted by Gasteiger charge is -2.17. The van der Waals surface area contributed by atoms with Crippen LogP contribution in [-0.4, -0.2) is 47.9 Å². The second-order valence-electron chi connectivity index (χ2n) is 5.49. The number of hydrogen-bond donors (Lipinski definition) is 2. The molecule has 1 aromatic carbocycles. The van der Waals surface area contributed by atoms with Crippen LogP contribution < -0.4 is 10.6 Å². The van der Waals surface area contributed by atoms with Crippen molar-refractivity contribution in [3.05, 3.63) is 35.7 Å². The third-order valence-corrected chi connectivity index (χ3v) is 4.59. The van der Waals surface area contributed by atoms with Gasteiger partial charge in [-0.1, -0.05) is 44.2 Å². The molecule has 25 heavy (non-hydrogen) atoms. The molecule has 0 aliphatic heterocycles. The Labute approximate surface area is 152 Å². The summed E-state index contributed by atoms with van der Waals surface area (Å²) in [6, 6.07) is 9.69. The summed E-state index contributed by atoms with van der Waals surface area (Å²) in [5, 5.41) is 7.47. The minimum absolute atomic E-state index is 0.419. The number of nitrogens with one attached hydrogen (secondary N) is 2. The van der Waals surface area contributed by atoms with Crippen molar-refractivity contribution < 1.29 is 9.59 Å². The molecule has 134 valence electrons. The maximum atomic E-state index is 11.9. The van der Waals surface area contributed by atoms with Gasteiger partial charge in [-0.3, -0.25) is 14.9 Å². The molecule has 0 spiro atoms. The molecule has 2 aromatic rings. The Morgan fingerprint density at radius 1 is 1.12 bits per heavy atom. The van der Waals surface area contributed by atoms with Gasteiger partial charge in [-0.2, -0.15) is 0 Å². The quantitative estimate of drug-likeness (QED) is 0.560. The van der Waals surface area contributed by atoms with E-state index in [0.29, 0.717) is 11.7 Å². The lowest BCUT2D eigenvalue weighted by atomic mass is 10.2. The normalized spacial score (nSPS) is 10.7. The highest BCUT2D eigenvalue weighted by molar-refractivity contribution is 7.14. The number of aromatic nitrogens is 1. The number of nitrogens with zero attached hydrogens (tertiary/aromatic N) is 2. The fourth-order valence-electron chi connectivity index (χ4n) is 2.35. The second kappa shape index (κ2) is 9.90. The Bertz CT molecular complexity index is 683.